The third-order valence-electron chi connectivity index (χ3n) is 8.41. The van der Waals surface area contributed by atoms with Crippen molar-refractivity contribution in [3.63, 3.8) is 0 Å². The number of hydrogen-bond acceptors (Lipinski definition) is 4. The first-order chi connectivity index (χ1) is 18.7. The smallest absolute Gasteiger partial charge is 0.346 e. The molecule has 1 N–H and O–H groups in total. The van der Waals surface area contributed by atoms with Crippen LogP contribution in [0.4, 0.5) is 5.69 Å². The average Bonchev–Trinajstić information content (AvgIpc) is 2.94. The molecule has 9 rings (SSSR count). The normalized spacial score (nSPS) is 13.8. The zero-order chi connectivity index (χ0) is 25.3. The highest BCUT2D eigenvalue weighted by Gasteiger charge is 2.30. The zero-order valence-corrected chi connectivity index (χ0v) is 21.4. The molecule has 0 saturated heterocycles. The molecule has 0 atom stereocenters. The first-order valence-corrected chi connectivity index (χ1v) is 13.6. The Morgan fingerprint density at radius 2 is 0.921 bits per heavy atom. The van der Waals surface area contributed by atoms with Gasteiger partial charge in [-0.1, -0.05) is 76.6 Å². The summed E-state index contributed by atoms with van der Waals surface area (Å²) in [7, 11) is 0. The van der Waals surface area contributed by atoms with E-state index in [2.05, 4.69) is 75.8 Å². The number of halogens is 1. The lowest BCUT2D eigenvalue weighted by atomic mass is 9.82. The van der Waals surface area contributed by atoms with Gasteiger partial charge in [0.05, 0.1) is 16.6 Å². The standard InChI is InChI=1S/C33H16BrNO3/c34-14-35-26-13-12-16-18-5-7-20-22-9-11-25-31-24(32(36)38-33(25)37)10-8-21(30(22)31)19-6-4-17(28(18)29(19)20)15-2-1-3-23(26)27(15)16/h1-13,35H,14H2. The number of fused-ring (bicyclic) bond motifs is 4. The largest absolute Gasteiger partial charge is 0.386 e. The van der Waals surface area contributed by atoms with Crippen molar-refractivity contribution < 1.29 is 14.3 Å². The molecule has 0 unspecified atom stereocenters. The van der Waals surface area contributed by atoms with E-state index < -0.39 is 11.9 Å². The van der Waals surface area contributed by atoms with Crippen molar-refractivity contribution in [3.8, 4) is 0 Å². The van der Waals surface area contributed by atoms with Gasteiger partial charge in [0.25, 0.3) is 0 Å². The summed E-state index contributed by atoms with van der Waals surface area (Å²) in [6.45, 7) is 0. The third kappa shape index (κ3) is 2.28. The lowest BCUT2D eigenvalue weighted by Gasteiger charge is -2.22. The maximum absolute atomic E-state index is 12.6. The number of benzene rings is 8. The van der Waals surface area contributed by atoms with Crippen molar-refractivity contribution in [1.82, 2.24) is 0 Å². The van der Waals surface area contributed by atoms with Gasteiger partial charge >= 0.3 is 11.9 Å². The summed E-state index contributed by atoms with van der Waals surface area (Å²) < 4.78 is 5.01. The second-order valence-electron chi connectivity index (χ2n) is 10.0. The second-order valence-corrected chi connectivity index (χ2v) is 10.6. The maximum atomic E-state index is 12.6. The number of esters is 2. The molecule has 0 fully saturated rings. The molecule has 4 nitrogen and oxygen atoms in total. The second kappa shape index (κ2) is 6.88. The van der Waals surface area contributed by atoms with Crippen molar-refractivity contribution in [1.29, 1.82) is 0 Å². The molecule has 1 heterocycles. The van der Waals surface area contributed by atoms with Gasteiger partial charge in [0.2, 0.25) is 0 Å². The highest BCUT2D eigenvalue weighted by Crippen LogP contribution is 2.49. The van der Waals surface area contributed by atoms with Gasteiger partial charge in [-0.3, -0.25) is 0 Å². The lowest BCUT2D eigenvalue weighted by molar-refractivity contribution is 0.0391. The maximum Gasteiger partial charge on any atom is 0.346 e. The first kappa shape index (κ1) is 20.6. The zero-order valence-electron chi connectivity index (χ0n) is 19.8. The molecule has 0 radical (unpaired) electrons. The molecule has 8 aromatic rings. The summed E-state index contributed by atoms with van der Waals surface area (Å²) in [5, 5.41) is 19.3. The highest BCUT2D eigenvalue weighted by atomic mass is 79.9. The van der Waals surface area contributed by atoms with E-state index in [-0.39, 0.29) is 0 Å². The fourth-order valence-corrected chi connectivity index (χ4v) is 7.26. The molecule has 0 amide bonds. The van der Waals surface area contributed by atoms with Gasteiger partial charge in [-0.25, -0.2) is 9.59 Å². The van der Waals surface area contributed by atoms with E-state index in [1.165, 1.54) is 43.1 Å². The molecule has 0 aromatic heterocycles. The molecule has 178 valence electrons. The van der Waals surface area contributed by atoms with Crippen molar-refractivity contribution in [2.45, 2.75) is 0 Å². The number of anilines is 1. The predicted octanol–water partition coefficient (Wildman–Crippen LogP) is 8.71. The Labute approximate surface area is 223 Å². The molecule has 0 aliphatic carbocycles. The van der Waals surface area contributed by atoms with Crippen LogP contribution in [-0.2, 0) is 4.74 Å². The summed E-state index contributed by atoms with van der Waals surface area (Å²) >= 11 is 3.51. The van der Waals surface area contributed by atoms with Crippen LogP contribution in [0.15, 0.2) is 78.9 Å². The van der Waals surface area contributed by atoms with E-state index in [0.29, 0.717) is 22.0 Å². The van der Waals surface area contributed by atoms with Gasteiger partial charge < -0.3 is 10.1 Å². The summed E-state index contributed by atoms with van der Waals surface area (Å²) in [6, 6.07) is 27.4. The molecular formula is C33H16BrNO3. The Morgan fingerprint density at radius 1 is 0.500 bits per heavy atom. The number of ether oxygens (including phenoxy) is 1. The molecule has 0 bridgehead atoms. The Morgan fingerprint density at radius 3 is 1.47 bits per heavy atom. The van der Waals surface area contributed by atoms with Crippen LogP contribution >= 0.6 is 15.9 Å². The molecule has 38 heavy (non-hydrogen) atoms. The Bertz CT molecular complexity index is 2250. The number of cyclic esters (lactones) is 2. The Kier molecular flexibility index (Phi) is 3.72. The van der Waals surface area contributed by atoms with E-state index in [9.17, 15) is 9.59 Å². The van der Waals surface area contributed by atoms with Crippen molar-refractivity contribution in [3.05, 3.63) is 90.0 Å². The number of alkyl halides is 1. The van der Waals surface area contributed by atoms with Crippen molar-refractivity contribution in [2.75, 3.05) is 10.8 Å². The minimum Gasteiger partial charge on any atom is -0.386 e. The number of carbonyl (C=O) groups is 2. The number of nitrogens with one attached hydrogen (secondary N) is 1. The number of rotatable bonds is 2. The fraction of sp³-hybridized carbons (Fsp3) is 0.0303. The van der Waals surface area contributed by atoms with Crippen LogP contribution in [0.1, 0.15) is 20.7 Å². The Balaban J connectivity index is 1.55. The molecule has 1 aliphatic heterocycles. The third-order valence-corrected chi connectivity index (χ3v) is 8.69. The van der Waals surface area contributed by atoms with Crippen LogP contribution in [0, 0.1) is 0 Å². The van der Waals surface area contributed by atoms with Crippen LogP contribution in [0.3, 0.4) is 0 Å². The quantitative estimate of drug-likeness (QED) is 0.0580. The van der Waals surface area contributed by atoms with Crippen LogP contribution in [-0.4, -0.2) is 17.4 Å². The molecular weight excluding hydrogens is 538 g/mol. The minimum absolute atomic E-state index is 0.447. The fourth-order valence-electron chi connectivity index (χ4n) is 6.95. The number of hydrogen-bond donors (Lipinski definition) is 1. The van der Waals surface area contributed by atoms with E-state index in [4.69, 9.17) is 4.74 Å². The van der Waals surface area contributed by atoms with E-state index in [1.54, 1.807) is 12.1 Å². The van der Waals surface area contributed by atoms with Gasteiger partial charge in [0.1, 0.15) is 0 Å². The first-order valence-electron chi connectivity index (χ1n) is 12.5. The number of carbonyl (C=O) groups excluding carboxylic acids is 2. The van der Waals surface area contributed by atoms with Crippen LogP contribution in [0.5, 0.6) is 0 Å². The summed E-state index contributed by atoms with van der Waals surface area (Å²) in [4.78, 5) is 25.2. The van der Waals surface area contributed by atoms with Crippen molar-refractivity contribution >= 4 is 109 Å². The average molecular weight is 554 g/mol. The van der Waals surface area contributed by atoms with Gasteiger partial charge in [0, 0.05) is 16.5 Å². The molecule has 1 aliphatic rings. The molecule has 0 saturated carbocycles. The monoisotopic (exact) mass is 553 g/mol. The highest BCUT2D eigenvalue weighted by molar-refractivity contribution is 9.09. The van der Waals surface area contributed by atoms with E-state index in [1.807, 2.05) is 12.1 Å². The van der Waals surface area contributed by atoms with Gasteiger partial charge in [-0.15, -0.1) is 0 Å². The van der Waals surface area contributed by atoms with E-state index >= 15 is 0 Å². The molecule has 8 aromatic carbocycles. The van der Waals surface area contributed by atoms with Crippen molar-refractivity contribution in [2.24, 2.45) is 0 Å². The summed E-state index contributed by atoms with van der Waals surface area (Å²) in [5.74, 6) is -1.17. The lowest BCUT2D eigenvalue weighted by Crippen LogP contribution is -2.19. The Hall–Kier alpha value is -4.48. The SMILES string of the molecule is O=C1OC(=O)c2ccc3c4ccc5c6ccc(NCBr)c7cccc(c8ccc(c9ccc1c2c93)c4c85)c76. The van der Waals surface area contributed by atoms with Gasteiger partial charge in [-0.05, 0) is 82.8 Å². The van der Waals surface area contributed by atoms with Crippen LogP contribution < -0.4 is 5.32 Å². The summed E-state index contributed by atoms with van der Waals surface area (Å²) in [5.41, 5.74) is 2.69. The van der Waals surface area contributed by atoms with Gasteiger partial charge in [0.15, 0.2) is 0 Å². The minimum atomic E-state index is -0.583. The summed E-state index contributed by atoms with van der Waals surface area (Å²) in [6.07, 6.45) is 0. The van der Waals surface area contributed by atoms with Crippen LogP contribution in [0.2, 0.25) is 0 Å². The van der Waals surface area contributed by atoms with Crippen LogP contribution in [0.25, 0.3) is 75.4 Å². The van der Waals surface area contributed by atoms with E-state index in [0.717, 1.165) is 32.6 Å². The topological polar surface area (TPSA) is 55.4 Å². The predicted molar refractivity (Wildman–Crippen MR) is 159 cm³/mol. The van der Waals surface area contributed by atoms with Gasteiger partial charge in [-0.2, -0.15) is 0 Å². The molecule has 5 heteroatoms. The molecule has 0 spiro atoms.